The molecular weight excluding hydrogens is 276 g/mol. The van der Waals surface area contributed by atoms with Crippen molar-refractivity contribution >= 4 is 18.3 Å². The largest absolute Gasteiger partial charge is 0.474 e. The van der Waals surface area contributed by atoms with Crippen molar-refractivity contribution in [3.63, 3.8) is 0 Å². The molecule has 1 amide bonds. The molecule has 2 atom stereocenters. The quantitative estimate of drug-likeness (QED) is 0.843. The molecule has 1 aliphatic heterocycles. The molecule has 1 aromatic rings. The second kappa shape index (κ2) is 6.00. The van der Waals surface area contributed by atoms with Gasteiger partial charge in [-0.2, -0.15) is 0 Å². The molecule has 2 aliphatic rings. The van der Waals surface area contributed by atoms with Gasteiger partial charge in [-0.3, -0.25) is 4.79 Å². The van der Waals surface area contributed by atoms with Gasteiger partial charge in [-0.05, 0) is 36.3 Å². The zero-order valence-electron chi connectivity index (χ0n) is 12.0. The third-order valence-corrected chi connectivity index (χ3v) is 4.16. The number of nitrogens with zero attached hydrogens (tertiary/aromatic N) is 2. The predicted molar refractivity (Wildman–Crippen MR) is 78.8 cm³/mol. The van der Waals surface area contributed by atoms with Crippen LogP contribution in [0.5, 0.6) is 5.88 Å². The van der Waals surface area contributed by atoms with E-state index in [9.17, 15) is 4.79 Å². The van der Waals surface area contributed by atoms with Crippen LogP contribution in [0.2, 0.25) is 0 Å². The minimum Gasteiger partial charge on any atom is -0.474 e. The monoisotopic (exact) mass is 296 g/mol. The van der Waals surface area contributed by atoms with Crippen LogP contribution in [0.4, 0.5) is 0 Å². The summed E-state index contributed by atoms with van der Waals surface area (Å²) in [4.78, 5) is 17.6. The fourth-order valence-corrected chi connectivity index (χ4v) is 2.98. The van der Waals surface area contributed by atoms with Crippen molar-refractivity contribution in [2.75, 3.05) is 0 Å². The maximum absolute atomic E-state index is 11.4. The van der Waals surface area contributed by atoms with E-state index in [1.54, 1.807) is 6.92 Å². The van der Waals surface area contributed by atoms with Crippen molar-refractivity contribution in [2.24, 2.45) is 5.92 Å². The summed E-state index contributed by atoms with van der Waals surface area (Å²) in [7, 11) is 0. The molecule has 20 heavy (non-hydrogen) atoms. The summed E-state index contributed by atoms with van der Waals surface area (Å²) in [5.41, 5.74) is 2.31. The van der Waals surface area contributed by atoms with Crippen molar-refractivity contribution in [3.05, 3.63) is 23.4 Å². The Labute approximate surface area is 125 Å². The molecule has 0 bridgehead atoms. The summed E-state index contributed by atoms with van der Waals surface area (Å²) in [5, 5.41) is 0. The van der Waals surface area contributed by atoms with E-state index in [2.05, 4.69) is 11.9 Å². The van der Waals surface area contributed by atoms with Crippen LogP contribution in [0.25, 0.3) is 0 Å². The molecule has 1 fully saturated rings. The number of aromatic nitrogens is 1. The third kappa shape index (κ3) is 3.06. The highest BCUT2D eigenvalue weighted by Crippen LogP contribution is 2.30. The average Bonchev–Trinajstić information content (AvgIpc) is 2.95. The van der Waals surface area contributed by atoms with Crippen LogP contribution in [0.1, 0.15) is 44.2 Å². The molecule has 0 unspecified atom stereocenters. The first-order chi connectivity index (χ1) is 9.11. The predicted octanol–water partition coefficient (Wildman–Crippen LogP) is 2.93. The lowest BCUT2D eigenvalue weighted by molar-refractivity contribution is -0.129. The summed E-state index contributed by atoms with van der Waals surface area (Å²) >= 11 is 0. The van der Waals surface area contributed by atoms with E-state index >= 15 is 0 Å². The van der Waals surface area contributed by atoms with Gasteiger partial charge >= 0.3 is 0 Å². The molecule has 3 rings (SSSR count). The van der Waals surface area contributed by atoms with Gasteiger partial charge < -0.3 is 9.64 Å². The summed E-state index contributed by atoms with van der Waals surface area (Å²) in [6, 6.07) is 2.00. The highest BCUT2D eigenvalue weighted by atomic mass is 35.5. The van der Waals surface area contributed by atoms with Crippen LogP contribution < -0.4 is 4.74 Å². The summed E-state index contributed by atoms with van der Waals surface area (Å²) in [6.07, 6.45) is 5.66. The van der Waals surface area contributed by atoms with Gasteiger partial charge in [0.15, 0.2) is 0 Å². The summed E-state index contributed by atoms with van der Waals surface area (Å²) in [6.45, 7) is 5.24. The Balaban J connectivity index is 0.00000147. The second-order valence-corrected chi connectivity index (χ2v) is 5.82. The van der Waals surface area contributed by atoms with Gasteiger partial charge in [0, 0.05) is 32.3 Å². The molecule has 0 N–H and O–H groups in total. The Kier molecular flexibility index (Phi) is 4.53. The van der Waals surface area contributed by atoms with Crippen LogP contribution in [-0.4, -0.2) is 21.9 Å². The number of hydrogen-bond donors (Lipinski definition) is 0. The first kappa shape index (κ1) is 15.1. The van der Waals surface area contributed by atoms with E-state index in [1.807, 2.05) is 17.2 Å². The number of carbonyl (C=O) groups excluding carboxylic acids is 1. The molecule has 4 nitrogen and oxygen atoms in total. The molecule has 0 spiro atoms. The van der Waals surface area contributed by atoms with E-state index in [4.69, 9.17) is 4.74 Å². The lowest BCUT2D eigenvalue weighted by atomic mass is 10.1. The minimum atomic E-state index is 0. The van der Waals surface area contributed by atoms with E-state index in [1.165, 1.54) is 12.0 Å². The standard InChI is InChI=1S/C15H20N2O2.ClH/c1-10-3-4-14(5-10)19-15-6-12-8-17(11(2)18)9-13(12)7-16-15;/h6-7,10,14H,3-5,8-9H2,1-2H3;1H/t10-,14+;/m1./s1. The summed E-state index contributed by atoms with van der Waals surface area (Å²) < 4.78 is 5.95. The number of rotatable bonds is 2. The fraction of sp³-hybridized carbons (Fsp3) is 0.600. The molecule has 110 valence electrons. The van der Waals surface area contributed by atoms with Crippen molar-refractivity contribution in [2.45, 2.75) is 52.3 Å². The van der Waals surface area contributed by atoms with Crippen LogP contribution in [-0.2, 0) is 17.9 Å². The zero-order chi connectivity index (χ0) is 13.4. The number of pyridine rings is 1. The minimum absolute atomic E-state index is 0. The molecule has 0 saturated heterocycles. The van der Waals surface area contributed by atoms with Gasteiger partial charge in [-0.1, -0.05) is 6.92 Å². The van der Waals surface area contributed by atoms with Gasteiger partial charge in [-0.25, -0.2) is 4.98 Å². The number of amides is 1. The Bertz CT molecular complexity index is 507. The van der Waals surface area contributed by atoms with Crippen LogP contribution in [0.3, 0.4) is 0 Å². The normalized spacial score (nSPS) is 24.2. The van der Waals surface area contributed by atoms with Crippen molar-refractivity contribution < 1.29 is 9.53 Å². The molecule has 2 heterocycles. The molecule has 1 saturated carbocycles. The Hall–Kier alpha value is -1.29. The van der Waals surface area contributed by atoms with E-state index < -0.39 is 0 Å². The van der Waals surface area contributed by atoms with Gasteiger partial charge in [0.25, 0.3) is 0 Å². The first-order valence-electron chi connectivity index (χ1n) is 7.02. The van der Waals surface area contributed by atoms with Crippen molar-refractivity contribution in [1.82, 2.24) is 9.88 Å². The first-order valence-corrected chi connectivity index (χ1v) is 7.02. The number of carbonyl (C=O) groups is 1. The van der Waals surface area contributed by atoms with E-state index in [0.29, 0.717) is 25.1 Å². The topological polar surface area (TPSA) is 42.4 Å². The van der Waals surface area contributed by atoms with E-state index in [-0.39, 0.29) is 18.3 Å². The zero-order valence-corrected chi connectivity index (χ0v) is 12.8. The smallest absolute Gasteiger partial charge is 0.220 e. The highest BCUT2D eigenvalue weighted by molar-refractivity contribution is 5.85. The SMILES string of the molecule is CC(=O)N1Cc2cnc(O[C@H]3CC[C@@H](C)C3)cc2C1.Cl. The molecule has 1 aromatic heterocycles. The van der Waals surface area contributed by atoms with Crippen LogP contribution in [0, 0.1) is 5.92 Å². The van der Waals surface area contributed by atoms with E-state index in [0.717, 1.165) is 24.3 Å². The lowest BCUT2D eigenvalue weighted by Gasteiger charge is -2.13. The molecule has 0 radical (unpaired) electrons. The van der Waals surface area contributed by atoms with Crippen molar-refractivity contribution in [3.8, 4) is 5.88 Å². The van der Waals surface area contributed by atoms with Gasteiger partial charge in [0.05, 0.1) is 0 Å². The number of ether oxygens (including phenoxy) is 1. The Morgan fingerprint density at radius 2 is 2.10 bits per heavy atom. The average molecular weight is 297 g/mol. The third-order valence-electron chi connectivity index (χ3n) is 4.16. The van der Waals surface area contributed by atoms with Crippen LogP contribution in [0.15, 0.2) is 12.3 Å². The van der Waals surface area contributed by atoms with Crippen molar-refractivity contribution in [1.29, 1.82) is 0 Å². The second-order valence-electron chi connectivity index (χ2n) is 5.82. The molecule has 0 aromatic carbocycles. The molecular formula is C15H21ClN2O2. The van der Waals surface area contributed by atoms with Gasteiger partial charge in [0.2, 0.25) is 11.8 Å². The van der Waals surface area contributed by atoms with Gasteiger partial charge in [-0.15, -0.1) is 12.4 Å². The number of halogens is 1. The fourth-order valence-electron chi connectivity index (χ4n) is 2.98. The highest BCUT2D eigenvalue weighted by Gasteiger charge is 2.25. The maximum atomic E-state index is 11.4. The number of fused-ring (bicyclic) bond motifs is 1. The van der Waals surface area contributed by atoms with Crippen LogP contribution >= 0.6 is 12.4 Å². The molecule has 5 heteroatoms. The maximum Gasteiger partial charge on any atom is 0.220 e. The Morgan fingerprint density at radius 3 is 2.75 bits per heavy atom. The number of hydrogen-bond acceptors (Lipinski definition) is 3. The molecule has 1 aliphatic carbocycles. The summed E-state index contributed by atoms with van der Waals surface area (Å²) in [5.74, 6) is 1.58. The lowest BCUT2D eigenvalue weighted by Crippen LogP contribution is -2.21. The van der Waals surface area contributed by atoms with Gasteiger partial charge in [0.1, 0.15) is 6.10 Å². The Morgan fingerprint density at radius 1 is 1.35 bits per heavy atom.